The van der Waals surface area contributed by atoms with Gasteiger partial charge in [-0.2, -0.15) is 0 Å². The molecule has 0 saturated heterocycles. The molecular formula is C9H10N2O. The van der Waals surface area contributed by atoms with E-state index in [-0.39, 0.29) is 0 Å². The second kappa shape index (κ2) is 2.44. The van der Waals surface area contributed by atoms with Crippen LogP contribution in [0.2, 0.25) is 0 Å². The predicted octanol–water partition coefficient (Wildman–Crippen LogP) is 1.59. The summed E-state index contributed by atoms with van der Waals surface area (Å²) in [5.74, 6) is 0.830. The fourth-order valence-corrected chi connectivity index (χ4v) is 1.16. The summed E-state index contributed by atoms with van der Waals surface area (Å²) in [5, 5.41) is 3.10. The van der Waals surface area contributed by atoms with Crippen molar-refractivity contribution in [1.29, 1.82) is 0 Å². The van der Waals surface area contributed by atoms with Gasteiger partial charge >= 0.3 is 0 Å². The molecule has 1 aliphatic heterocycles. The maximum atomic E-state index is 5.60. The van der Waals surface area contributed by atoms with Crippen LogP contribution in [0.1, 0.15) is 0 Å². The molecule has 0 fully saturated rings. The summed E-state index contributed by atoms with van der Waals surface area (Å²) in [7, 11) is 0. The van der Waals surface area contributed by atoms with Crippen molar-refractivity contribution in [2.75, 3.05) is 17.7 Å². The monoisotopic (exact) mass is 162 g/mol. The number of rotatable bonds is 0. The number of nitrogens with one attached hydrogen (secondary N) is 1. The lowest BCUT2D eigenvalue weighted by Gasteiger charge is -2.20. The largest absolute Gasteiger partial charge is 0.485 e. The van der Waals surface area contributed by atoms with Crippen LogP contribution in [0.5, 0.6) is 5.75 Å². The summed E-state index contributed by atoms with van der Waals surface area (Å²) < 4.78 is 5.37. The highest BCUT2D eigenvalue weighted by atomic mass is 16.5. The summed E-state index contributed by atoms with van der Waals surface area (Å²) in [6.07, 6.45) is 0. The summed E-state index contributed by atoms with van der Waals surface area (Å²) in [6, 6.07) is 5.50. The molecule has 3 N–H and O–H groups in total. The van der Waals surface area contributed by atoms with Gasteiger partial charge < -0.3 is 15.8 Å². The molecule has 1 aromatic rings. The Hall–Kier alpha value is -1.64. The predicted molar refractivity (Wildman–Crippen MR) is 49.1 cm³/mol. The van der Waals surface area contributed by atoms with E-state index in [0.717, 1.165) is 22.8 Å². The van der Waals surface area contributed by atoms with Crippen molar-refractivity contribution >= 4 is 11.4 Å². The van der Waals surface area contributed by atoms with Crippen molar-refractivity contribution in [3.63, 3.8) is 0 Å². The molecule has 0 bridgehead atoms. The van der Waals surface area contributed by atoms with E-state index in [4.69, 9.17) is 10.5 Å². The van der Waals surface area contributed by atoms with Crippen molar-refractivity contribution in [1.82, 2.24) is 0 Å². The lowest BCUT2D eigenvalue weighted by Crippen LogP contribution is -2.15. The van der Waals surface area contributed by atoms with Crippen LogP contribution in [0.15, 0.2) is 30.5 Å². The molecule has 0 unspecified atom stereocenters. The second-order valence-electron chi connectivity index (χ2n) is 2.77. The summed E-state index contributed by atoms with van der Waals surface area (Å²) in [6.45, 7) is 4.29. The van der Waals surface area contributed by atoms with Gasteiger partial charge in [-0.1, -0.05) is 6.58 Å². The first-order valence-electron chi connectivity index (χ1n) is 3.73. The number of hydrogen-bond donors (Lipinski definition) is 2. The van der Waals surface area contributed by atoms with Gasteiger partial charge in [-0.15, -0.1) is 0 Å². The fourth-order valence-electron chi connectivity index (χ4n) is 1.16. The normalized spacial score (nSPS) is 14.5. The number of ether oxygens (including phenoxy) is 1. The Balaban J connectivity index is 2.44. The molecule has 3 heteroatoms. The first-order valence-corrected chi connectivity index (χ1v) is 3.73. The average molecular weight is 162 g/mol. The fraction of sp³-hybridized carbons (Fsp3) is 0.111. The van der Waals surface area contributed by atoms with Gasteiger partial charge in [-0.05, 0) is 18.2 Å². The van der Waals surface area contributed by atoms with Crippen molar-refractivity contribution in [3.05, 3.63) is 30.5 Å². The van der Waals surface area contributed by atoms with E-state index in [1.165, 1.54) is 0 Å². The van der Waals surface area contributed by atoms with Crippen LogP contribution in [0.4, 0.5) is 11.4 Å². The van der Waals surface area contributed by atoms with Crippen LogP contribution in [0, 0.1) is 0 Å². The SMILES string of the molecule is C=C1COc2ccc(N)cc2N1. The van der Waals surface area contributed by atoms with E-state index in [9.17, 15) is 0 Å². The Labute approximate surface area is 70.8 Å². The van der Waals surface area contributed by atoms with Gasteiger partial charge in [0.2, 0.25) is 0 Å². The molecule has 1 aliphatic rings. The third-order valence-electron chi connectivity index (χ3n) is 1.72. The number of hydrogen-bond acceptors (Lipinski definition) is 3. The lowest BCUT2D eigenvalue weighted by atomic mass is 10.2. The molecule has 0 saturated carbocycles. The Morgan fingerprint density at radius 2 is 2.33 bits per heavy atom. The van der Waals surface area contributed by atoms with Crippen LogP contribution in [-0.4, -0.2) is 6.61 Å². The third kappa shape index (κ3) is 1.09. The molecule has 0 atom stereocenters. The van der Waals surface area contributed by atoms with E-state index >= 15 is 0 Å². The topological polar surface area (TPSA) is 47.3 Å². The molecule has 0 radical (unpaired) electrons. The number of nitrogens with two attached hydrogens (primary N) is 1. The van der Waals surface area contributed by atoms with E-state index < -0.39 is 0 Å². The summed E-state index contributed by atoms with van der Waals surface area (Å²) >= 11 is 0. The molecular weight excluding hydrogens is 152 g/mol. The minimum Gasteiger partial charge on any atom is -0.485 e. The highest BCUT2D eigenvalue weighted by Crippen LogP contribution is 2.30. The second-order valence-corrected chi connectivity index (χ2v) is 2.77. The average Bonchev–Trinajstić information content (AvgIpc) is 2.03. The summed E-state index contributed by atoms with van der Waals surface area (Å²) in [5.41, 5.74) is 8.07. The van der Waals surface area contributed by atoms with Gasteiger partial charge in [-0.25, -0.2) is 0 Å². The van der Waals surface area contributed by atoms with Gasteiger partial charge in [-0.3, -0.25) is 0 Å². The lowest BCUT2D eigenvalue weighted by molar-refractivity contribution is 0.346. The first-order chi connectivity index (χ1) is 5.75. The van der Waals surface area contributed by atoms with Gasteiger partial charge in [0.05, 0.1) is 5.69 Å². The van der Waals surface area contributed by atoms with E-state index in [2.05, 4.69) is 11.9 Å². The van der Waals surface area contributed by atoms with Crippen LogP contribution in [-0.2, 0) is 0 Å². The zero-order chi connectivity index (χ0) is 8.55. The molecule has 3 nitrogen and oxygen atoms in total. The maximum Gasteiger partial charge on any atom is 0.143 e. The Kier molecular flexibility index (Phi) is 1.43. The van der Waals surface area contributed by atoms with E-state index in [1.54, 1.807) is 0 Å². The molecule has 12 heavy (non-hydrogen) atoms. The molecule has 0 aromatic heterocycles. The molecule has 0 aliphatic carbocycles. The van der Waals surface area contributed by atoms with Gasteiger partial charge in [0.25, 0.3) is 0 Å². The van der Waals surface area contributed by atoms with Crippen LogP contribution < -0.4 is 15.8 Å². The molecule has 0 spiro atoms. The third-order valence-corrected chi connectivity index (χ3v) is 1.72. The quantitative estimate of drug-likeness (QED) is 0.569. The Bertz CT molecular complexity index is 333. The van der Waals surface area contributed by atoms with Crippen LogP contribution in [0.3, 0.4) is 0 Å². The van der Waals surface area contributed by atoms with Gasteiger partial charge in [0.15, 0.2) is 0 Å². The molecule has 1 aromatic carbocycles. The molecule has 2 rings (SSSR count). The minimum absolute atomic E-state index is 0.525. The van der Waals surface area contributed by atoms with E-state index in [1.807, 2.05) is 18.2 Å². The van der Waals surface area contributed by atoms with Crippen LogP contribution in [0.25, 0.3) is 0 Å². The highest BCUT2D eigenvalue weighted by molar-refractivity contribution is 5.66. The standard InChI is InChI=1S/C9H10N2O/c1-6-5-12-9-3-2-7(10)4-8(9)11-6/h2-4,11H,1,5,10H2. The molecule has 1 heterocycles. The summed E-state index contributed by atoms with van der Waals surface area (Å²) in [4.78, 5) is 0. The van der Waals surface area contributed by atoms with Crippen molar-refractivity contribution < 1.29 is 4.74 Å². The Morgan fingerprint density at radius 1 is 1.50 bits per heavy atom. The highest BCUT2D eigenvalue weighted by Gasteiger charge is 2.10. The van der Waals surface area contributed by atoms with Crippen molar-refractivity contribution in [2.24, 2.45) is 0 Å². The van der Waals surface area contributed by atoms with Crippen molar-refractivity contribution in [3.8, 4) is 5.75 Å². The first kappa shape index (κ1) is 7.03. The number of nitrogen functional groups attached to an aromatic ring is 1. The zero-order valence-corrected chi connectivity index (χ0v) is 6.63. The van der Waals surface area contributed by atoms with Crippen LogP contribution >= 0.6 is 0 Å². The molecule has 62 valence electrons. The van der Waals surface area contributed by atoms with Gasteiger partial charge in [0.1, 0.15) is 12.4 Å². The number of fused-ring (bicyclic) bond motifs is 1. The molecule has 0 amide bonds. The number of anilines is 2. The van der Waals surface area contributed by atoms with Gasteiger partial charge in [0, 0.05) is 11.4 Å². The minimum atomic E-state index is 0.525. The maximum absolute atomic E-state index is 5.60. The van der Waals surface area contributed by atoms with Crippen molar-refractivity contribution in [2.45, 2.75) is 0 Å². The zero-order valence-electron chi connectivity index (χ0n) is 6.63. The number of benzene rings is 1. The smallest absolute Gasteiger partial charge is 0.143 e. The Morgan fingerprint density at radius 3 is 3.17 bits per heavy atom. The van der Waals surface area contributed by atoms with E-state index in [0.29, 0.717) is 6.61 Å².